The molecule has 4 nitrogen and oxygen atoms in total. The number of benzene rings is 1. The summed E-state index contributed by atoms with van der Waals surface area (Å²) >= 11 is 7.70. The van der Waals surface area contributed by atoms with Crippen LogP contribution in [-0.4, -0.2) is 18.2 Å². The largest absolute Gasteiger partial charge is 0.277 e. The number of thioether (sulfide) groups is 1. The molecule has 1 aliphatic heterocycles. The molecule has 1 aliphatic rings. The molecule has 0 bridgehead atoms. The summed E-state index contributed by atoms with van der Waals surface area (Å²) in [4.78, 5) is 20.7. The Labute approximate surface area is 146 Å². The van der Waals surface area contributed by atoms with Crippen LogP contribution in [0.3, 0.4) is 0 Å². The molecule has 1 heterocycles. The molecule has 0 aliphatic carbocycles. The lowest BCUT2D eigenvalue weighted by atomic mass is 10.1. The van der Waals surface area contributed by atoms with Crippen LogP contribution in [0.2, 0.25) is 0 Å². The number of fused-ring (bicyclic) bond motifs is 1. The molecule has 1 amide bonds. The van der Waals surface area contributed by atoms with E-state index in [1.54, 1.807) is 24.8 Å². The third-order valence-corrected chi connectivity index (χ3v) is 4.19. The van der Waals surface area contributed by atoms with E-state index in [2.05, 4.69) is 15.3 Å². The molecule has 1 aromatic carbocycles. The first-order chi connectivity index (χ1) is 11.0. The van der Waals surface area contributed by atoms with Crippen molar-refractivity contribution in [2.45, 2.75) is 25.7 Å². The number of allylic oxidation sites excluding steroid dienone is 2. The van der Waals surface area contributed by atoms with Crippen molar-refractivity contribution >= 4 is 34.4 Å². The van der Waals surface area contributed by atoms with Crippen molar-refractivity contribution in [2.75, 3.05) is 7.11 Å². The molecule has 124 valence electrons. The first-order valence-electron chi connectivity index (χ1n) is 7.12. The van der Waals surface area contributed by atoms with E-state index in [0.29, 0.717) is 5.17 Å². The average Bonchev–Trinajstić information content (AvgIpc) is 2.68. The second kappa shape index (κ2) is 10.3. The lowest BCUT2D eigenvalue weighted by Crippen LogP contribution is -2.26. The number of rotatable bonds is 3. The van der Waals surface area contributed by atoms with Gasteiger partial charge in [0.15, 0.2) is 0 Å². The highest BCUT2D eigenvalue weighted by Crippen LogP contribution is 2.29. The lowest BCUT2D eigenvalue weighted by Gasteiger charge is -2.04. The van der Waals surface area contributed by atoms with E-state index >= 15 is 0 Å². The molecule has 1 atom stereocenters. The molecular weight excluding hydrogens is 332 g/mol. The SMILES string of the molecule is C/C=C\C(C)C(=O)NOC.CC1=CSc2ccccc2C(Cl)=N1. The molecule has 1 unspecified atom stereocenters. The van der Waals surface area contributed by atoms with E-state index in [9.17, 15) is 4.79 Å². The van der Waals surface area contributed by atoms with Crippen LogP contribution in [0, 0.1) is 5.92 Å². The van der Waals surface area contributed by atoms with E-state index in [1.165, 1.54) is 7.11 Å². The van der Waals surface area contributed by atoms with Gasteiger partial charge in [0, 0.05) is 16.2 Å². The standard InChI is InChI=1S/C10H8ClNS.C7H13NO2/c1-7-6-13-9-5-3-2-4-8(9)10(11)12-7;1-4-5-6(2)7(9)8-10-3/h2-6H,1H3;4-6H,1-3H3,(H,8,9)/b;5-4-. The molecular formula is C17H21ClN2O2S. The number of carbonyl (C=O) groups is 1. The Kier molecular flexibility index (Phi) is 8.69. The molecule has 0 saturated heterocycles. The minimum atomic E-state index is -0.124. The zero-order valence-electron chi connectivity index (χ0n) is 13.7. The van der Waals surface area contributed by atoms with Gasteiger partial charge in [-0.3, -0.25) is 9.63 Å². The molecule has 1 N–H and O–H groups in total. The Morgan fingerprint density at radius 3 is 2.78 bits per heavy atom. The van der Waals surface area contributed by atoms with E-state index in [1.807, 2.05) is 49.6 Å². The monoisotopic (exact) mass is 352 g/mol. The zero-order valence-corrected chi connectivity index (χ0v) is 15.2. The van der Waals surface area contributed by atoms with Gasteiger partial charge in [-0.2, -0.15) is 0 Å². The maximum atomic E-state index is 10.8. The fourth-order valence-corrected chi connectivity index (χ4v) is 2.85. The summed E-state index contributed by atoms with van der Waals surface area (Å²) in [5.74, 6) is -0.245. The third kappa shape index (κ3) is 6.60. The number of hydrogen-bond donors (Lipinski definition) is 1. The van der Waals surface area contributed by atoms with Crippen LogP contribution in [0.1, 0.15) is 26.3 Å². The number of amides is 1. The molecule has 0 fully saturated rings. The Morgan fingerprint density at radius 1 is 1.43 bits per heavy atom. The second-order valence-corrected chi connectivity index (χ2v) is 6.03. The minimum Gasteiger partial charge on any atom is -0.277 e. The van der Waals surface area contributed by atoms with Crippen LogP contribution in [0.5, 0.6) is 0 Å². The molecule has 0 spiro atoms. The predicted molar refractivity (Wildman–Crippen MR) is 97.6 cm³/mol. The van der Waals surface area contributed by atoms with Crippen LogP contribution >= 0.6 is 23.4 Å². The maximum Gasteiger partial charge on any atom is 0.250 e. The Morgan fingerprint density at radius 2 is 2.13 bits per heavy atom. The fourth-order valence-electron chi connectivity index (χ4n) is 1.70. The summed E-state index contributed by atoms with van der Waals surface area (Å²) < 4.78 is 0. The molecule has 2 rings (SSSR count). The van der Waals surface area contributed by atoms with E-state index in [0.717, 1.165) is 16.2 Å². The highest BCUT2D eigenvalue weighted by molar-refractivity contribution is 8.02. The maximum absolute atomic E-state index is 10.8. The van der Waals surface area contributed by atoms with E-state index in [-0.39, 0.29) is 11.8 Å². The Hall–Kier alpha value is -1.56. The number of aliphatic imine (C=N–C) groups is 1. The minimum absolute atomic E-state index is 0.120. The van der Waals surface area contributed by atoms with Crippen molar-refractivity contribution in [2.24, 2.45) is 10.9 Å². The number of hydrogen-bond acceptors (Lipinski definition) is 4. The van der Waals surface area contributed by atoms with Crippen molar-refractivity contribution in [3.05, 3.63) is 53.1 Å². The smallest absolute Gasteiger partial charge is 0.250 e. The summed E-state index contributed by atoms with van der Waals surface area (Å²) in [7, 11) is 1.42. The number of carbonyl (C=O) groups excluding carboxylic acids is 1. The summed E-state index contributed by atoms with van der Waals surface area (Å²) in [6.07, 6.45) is 3.63. The van der Waals surface area contributed by atoms with Crippen LogP contribution in [-0.2, 0) is 9.63 Å². The van der Waals surface area contributed by atoms with Gasteiger partial charge in [-0.25, -0.2) is 10.5 Å². The van der Waals surface area contributed by atoms with Gasteiger partial charge >= 0.3 is 0 Å². The van der Waals surface area contributed by atoms with Crippen molar-refractivity contribution in [1.82, 2.24) is 5.48 Å². The van der Waals surface area contributed by atoms with Gasteiger partial charge in [-0.1, -0.05) is 60.6 Å². The van der Waals surface area contributed by atoms with E-state index in [4.69, 9.17) is 11.6 Å². The van der Waals surface area contributed by atoms with Crippen molar-refractivity contribution in [3.63, 3.8) is 0 Å². The molecule has 0 radical (unpaired) electrons. The molecule has 6 heteroatoms. The topological polar surface area (TPSA) is 50.7 Å². The molecule has 0 aromatic heterocycles. The van der Waals surface area contributed by atoms with Crippen LogP contribution in [0.25, 0.3) is 0 Å². The summed E-state index contributed by atoms with van der Waals surface area (Å²) in [5, 5.41) is 2.59. The first-order valence-corrected chi connectivity index (χ1v) is 8.38. The number of nitrogens with one attached hydrogen (secondary N) is 1. The van der Waals surface area contributed by atoms with Gasteiger partial charge in [0.05, 0.1) is 13.0 Å². The fraction of sp³-hybridized carbons (Fsp3) is 0.294. The van der Waals surface area contributed by atoms with Crippen molar-refractivity contribution in [1.29, 1.82) is 0 Å². The van der Waals surface area contributed by atoms with Crippen molar-refractivity contribution in [3.8, 4) is 0 Å². The van der Waals surface area contributed by atoms with Gasteiger partial charge < -0.3 is 0 Å². The molecule has 1 aromatic rings. The van der Waals surface area contributed by atoms with Gasteiger partial charge in [0.25, 0.3) is 0 Å². The second-order valence-electron chi connectivity index (χ2n) is 4.76. The van der Waals surface area contributed by atoms with Gasteiger partial charge in [-0.05, 0) is 25.3 Å². The third-order valence-electron chi connectivity index (χ3n) is 2.84. The zero-order chi connectivity index (χ0) is 17.2. The van der Waals surface area contributed by atoms with Crippen LogP contribution < -0.4 is 5.48 Å². The number of nitrogens with zero attached hydrogens (tertiary/aromatic N) is 1. The van der Waals surface area contributed by atoms with Gasteiger partial charge in [0.1, 0.15) is 5.17 Å². The normalized spacial score (nSPS) is 14.7. The van der Waals surface area contributed by atoms with Gasteiger partial charge in [-0.15, -0.1) is 0 Å². The van der Waals surface area contributed by atoms with Crippen LogP contribution in [0.15, 0.2) is 57.4 Å². The highest BCUT2D eigenvalue weighted by atomic mass is 35.5. The van der Waals surface area contributed by atoms with Crippen molar-refractivity contribution < 1.29 is 9.63 Å². The Balaban J connectivity index is 0.000000241. The summed E-state index contributed by atoms with van der Waals surface area (Å²) in [5.41, 5.74) is 4.21. The Bertz CT molecular complexity index is 627. The number of halogens is 1. The first kappa shape index (κ1) is 19.5. The van der Waals surface area contributed by atoms with Crippen LogP contribution in [0.4, 0.5) is 0 Å². The quantitative estimate of drug-likeness (QED) is 0.643. The summed E-state index contributed by atoms with van der Waals surface area (Å²) in [6, 6.07) is 8.01. The predicted octanol–water partition coefficient (Wildman–Crippen LogP) is 4.52. The highest BCUT2D eigenvalue weighted by Gasteiger charge is 2.09. The van der Waals surface area contributed by atoms with E-state index < -0.39 is 0 Å². The lowest BCUT2D eigenvalue weighted by molar-refractivity contribution is -0.133. The molecule has 0 saturated carbocycles. The summed E-state index contributed by atoms with van der Waals surface area (Å²) in [6.45, 7) is 5.62. The van der Waals surface area contributed by atoms with Gasteiger partial charge in [0.2, 0.25) is 5.91 Å². The average molecular weight is 353 g/mol. The number of hydroxylamine groups is 1. The molecule has 23 heavy (non-hydrogen) atoms.